The molecule has 3 unspecified atom stereocenters. The van der Waals surface area contributed by atoms with E-state index < -0.39 is 5.82 Å². The molecule has 5 heterocycles. The normalized spacial score (nSPS) is 22.1. The predicted molar refractivity (Wildman–Crippen MR) is 164 cm³/mol. The molecule has 4 aromatic rings. The maximum Gasteiger partial charge on any atom is 0.225 e. The minimum absolute atomic E-state index is 0.0261. The van der Waals surface area contributed by atoms with Crippen LogP contribution in [0.1, 0.15) is 57.9 Å². The number of pyridine rings is 2. The van der Waals surface area contributed by atoms with Crippen LogP contribution in [-0.2, 0) is 6.42 Å². The number of anilines is 1. The number of phenolic OH excluding ortho intramolecular Hbond substituents is 1. The molecule has 9 heteroatoms. The minimum Gasteiger partial charge on any atom is -0.508 e. The van der Waals surface area contributed by atoms with Gasteiger partial charge in [-0.25, -0.2) is 18.7 Å². The van der Waals surface area contributed by atoms with Crippen LogP contribution in [-0.4, -0.2) is 53.5 Å². The molecular formula is C34H38F2N4O3. The van der Waals surface area contributed by atoms with Gasteiger partial charge in [0.2, 0.25) is 11.8 Å². The van der Waals surface area contributed by atoms with Crippen molar-refractivity contribution in [3.05, 3.63) is 47.5 Å². The summed E-state index contributed by atoms with van der Waals surface area (Å²) in [4.78, 5) is 11.8. The summed E-state index contributed by atoms with van der Waals surface area (Å²) in [5.74, 6) is -0.0730. The standard InChI is InChI=1S/C34H38F2N4O3/c1-3-24-26(35)11-10-21-13-23(41)14-25(29(21)24)32-31(36)33-30-27(15-28(38-33)42-17-20-9-8-19(2)37-16-20)40-12-6-4-5-7-22(40)18-43-34(30)39-32/h10-11,13-15,19-20,22,37,41H,3-9,12,16-18H2,1-2H3. The Hall–Kier alpha value is -3.72. The fraction of sp³-hybridized carbons (Fsp3) is 0.471. The maximum absolute atomic E-state index is 16.9. The number of fused-ring (bicyclic) bond motifs is 3. The van der Waals surface area contributed by atoms with Crippen LogP contribution in [0, 0.1) is 17.6 Å². The van der Waals surface area contributed by atoms with Gasteiger partial charge < -0.3 is 24.8 Å². The first-order chi connectivity index (χ1) is 20.9. The highest BCUT2D eigenvalue weighted by Crippen LogP contribution is 2.45. The third-order valence-corrected chi connectivity index (χ3v) is 9.41. The van der Waals surface area contributed by atoms with Crippen LogP contribution >= 0.6 is 0 Å². The van der Waals surface area contributed by atoms with E-state index in [2.05, 4.69) is 17.1 Å². The molecule has 3 aliphatic heterocycles. The number of hydrogen-bond acceptors (Lipinski definition) is 7. The maximum atomic E-state index is 16.9. The minimum atomic E-state index is -0.645. The van der Waals surface area contributed by atoms with Crippen molar-refractivity contribution in [2.24, 2.45) is 5.92 Å². The van der Waals surface area contributed by atoms with Crippen LogP contribution in [0.3, 0.4) is 0 Å². The van der Waals surface area contributed by atoms with Gasteiger partial charge >= 0.3 is 0 Å². The van der Waals surface area contributed by atoms with Crippen molar-refractivity contribution in [1.29, 1.82) is 0 Å². The highest BCUT2D eigenvalue weighted by atomic mass is 19.1. The largest absolute Gasteiger partial charge is 0.508 e. The monoisotopic (exact) mass is 588 g/mol. The summed E-state index contributed by atoms with van der Waals surface area (Å²) < 4.78 is 44.5. The zero-order valence-corrected chi connectivity index (χ0v) is 24.8. The van der Waals surface area contributed by atoms with Crippen molar-refractivity contribution in [2.45, 2.75) is 70.9 Å². The van der Waals surface area contributed by atoms with E-state index in [-0.39, 0.29) is 28.8 Å². The van der Waals surface area contributed by atoms with Gasteiger partial charge in [-0.3, -0.25) is 0 Å². The van der Waals surface area contributed by atoms with E-state index >= 15 is 8.78 Å². The Labute approximate surface area is 250 Å². The first-order valence-corrected chi connectivity index (χ1v) is 15.7. The molecule has 0 bridgehead atoms. The topological polar surface area (TPSA) is 79.7 Å². The smallest absolute Gasteiger partial charge is 0.225 e. The zero-order valence-electron chi connectivity index (χ0n) is 24.8. The summed E-state index contributed by atoms with van der Waals surface area (Å²) >= 11 is 0. The van der Waals surface area contributed by atoms with Crippen LogP contribution in [0.25, 0.3) is 32.9 Å². The molecular weight excluding hydrogens is 550 g/mol. The van der Waals surface area contributed by atoms with Gasteiger partial charge in [-0.15, -0.1) is 0 Å². The molecule has 2 fully saturated rings. The lowest BCUT2D eigenvalue weighted by Crippen LogP contribution is -2.39. The van der Waals surface area contributed by atoms with Crippen LogP contribution in [0.15, 0.2) is 30.3 Å². The molecule has 2 saturated heterocycles. The number of hydrogen-bond donors (Lipinski definition) is 2. The average Bonchev–Trinajstić information content (AvgIpc) is 3.33. The number of benzene rings is 2. The van der Waals surface area contributed by atoms with Crippen molar-refractivity contribution in [2.75, 3.05) is 31.2 Å². The summed E-state index contributed by atoms with van der Waals surface area (Å²) in [5.41, 5.74) is 1.66. The van der Waals surface area contributed by atoms with Crippen LogP contribution in [0.2, 0.25) is 0 Å². The number of phenols is 1. The van der Waals surface area contributed by atoms with E-state index in [9.17, 15) is 5.11 Å². The molecule has 2 aromatic carbocycles. The molecule has 2 aromatic heterocycles. The van der Waals surface area contributed by atoms with Crippen molar-refractivity contribution >= 4 is 27.4 Å². The van der Waals surface area contributed by atoms with Gasteiger partial charge in [-0.1, -0.05) is 25.8 Å². The number of nitrogens with zero attached hydrogens (tertiary/aromatic N) is 3. The number of halogens is 2. The second-order valence-corrected chi connectivity index (χ2v) is 12.3. The van der Waals surface area contributed by atoms with Gasteiger partial charge in [0.05, 0.1) is 23.7 Å². The first-order valence-electron chi connectivity index (χ1n) is 15.7. The van der Waals surface area contributed by atoms with Gasteiger partial charge in [0.15, 0.2) is 5.82 Å². The fourth-order valence-corrected chi connectivity index (χ4v) is 7.06. The summed E-state index contributed by atoms with van der Waals surface area (Å²) in [7, 11) is 0. The Morgan fingerprint density at radius 1 is 1.07 bits per heavy atom. The van der Waals surface area contributed by atoms with Crippen LogP contribution < -0.4 is 19.7 Å². The average molecular weight is 589 g/mol. The SMILES string of the molecule is CCc1c(F)ccc2cc(O)cc(-c3nc4c5c(cc(OCC6CCC(C)NC6)nc5c3F)N3CCCCCC3CO4)c12. The molecule has 2 N–H and O–H groups in total. The van der Waals surface area contributed by atoms with Crippen molar-refractivity contribution < 1.29 is 23.4 Å². The first kappa shape index (κ1) is 28.1. The van der Waals surface area contributed by atoms with E-state index in [0.717, 1.165) is 57.3 Å². The van der Waals surface area contributed by atoms with Gasteiger partial charge in [0, 0.05) is 36.7 Å². The lowest BCUT2D eigenvalue weighted by molar-refractivity contribution is 0.199. The van der Waals surface area contributed by atoms with E-state index in [0.29, 0.717) is 70.6 Å². The molecule has 0 aliphatic carbocycles. The zero-order chi connectivity index (χ0) is 29.7. The van der Waals surface area contributed by atoms with E-state index in [1.165, 1.54) is 12.1 Å². The predicted octanol–water partition coefficient (Wildman–Crippen LogP) is 6.90. The molecule has 43 heavy (non-hydrogen) atoms. The fourth-order valence-electron chi connectivity index (χ4n) is 7.06. The molecule has 0 radical (unpaired) electrons. The van der Waals surface area contributed by atoms with Gasteiger partial charge in [0.1, 0.15) is 29.4 Å². The number of piperidine rings is 1. The third-order valence-electron chi connectivity index (χ3n) is 9.41. The van der Waals surface area contributed by atoms with Crippen molar-refractivity contribution in [3.63, 3.8) is 0 Å². The number of nitrogens with one attached hydrogen (secondary N) is 1. The van der Waals surface area contributed by atoms with Gasteiger partial charge in [-0.05, 0) is 73.6 Å². The number of rotatable bonds is 5. The molecule has 0 spiro atoms. The van der Waals surface area contributed by atoms with Gasteiger partial charge in [-0.2, -0.15) is 0 Å². The van der Waals surface area contributed by atoms with E-state index in [4.69, 9.17) is 19.4 Å². The molecule has 226 valence electrons. The molecule has 7 nitrogen and oxygen atoms in total. The van der Waals surface area contributed by atoms with Crippen LogP contribution in [0.5, 0.6) is 17.5 Å². The van der Waals surface area contributed by atoms with Gasteiger partial charge in [0.25, 0.3) is 0 Å². The summed E-state index contributed by atoms with van der Waals surface area (Å²) in [6.45, 7) is 6.65. The lowest BCUT2D eigenvalue weighted by atomic mass is 9.94. The quantitative estimate of drug-likeness (QED) is 0.262. The molecule has 3 atom stereocenters. The highest BCUT2D eigenvalue weighted by molar-refractivity contribution is 6.04. The Balaban J connectivity index is 1.42. The molecule has 7 rings (SSSR count). The Morgan fingerprint density at radius 3 is 2.77 bits per heavy atom. The van der Waals surface area contributed by atoms with E-state index in [1.54, 1.807) is 12.1 Å². The number of aromatic nitrogens is 2. The molecule has 0 saturated carbocycles. The Morgan fingerprint density at radius 2 is 1.95 bits per heavy atom. The summed E-state index contributed by atoms with van der Waals surface area (Å²) in [5, 5.41) is 15.8. The second-order valence-electron chi connectivity index (χ2n) is 12.3. The Bertz CT molecular complexity index is 1690. The molecule has 0 amide bonds. The number of ether oxygens (including phenoxy) is 2. The second kappa shape index (κ2) is 11.4. The van der Waals surface area contributed by atoms with Crippen LogP contribution in [0.4, 0.5) is 14.5 Å². The third kappa shape index (κ3) is 5.11. The summed E-state index contributed by atoms with van der Waals surface area (Å²) in [6, 6.07) is 8.53. The lowest BCUT2D eigenvalue weighted by Gasteiger charge is -2.30. The number of aromatic hydroxyl groups is 1. The number of aryl methyl sites for hydroxylation is 1. The van der Waals surface area contributed by atoms with E-state index in [1.807, 2.05) is 13.0 Å². The molecule has 3 aliphatic rings. The highest BCUT2D eigenvalue weighted by Gasteiger charge is 2.32. The Kier molecular flexibility index (Phi) is 7.45. The summed E-state index contributed by atoms with van der Waals surface area (Å²) in [6.07, 6.45) is 6.77. The van der Waals surface area contributed by atoms with Crippen molar-refractivity contribution in [1.82, 2.24) is 15.3 Å². The van der Waals surface area contributed by atoms with Crippen molar-refractivity contribution in [3.8, 4) is 28.8 Å².